The Labute approximate surface area is 119 Å². The minimum Gasteiger partial charge on any atom is -0.458 e. The summed E-state index contributed by atoms with van der Waals surface area (Å²) in [4.78, 5) is 2.45. The molecule has 1 aliphatic heterocycles. The molecule has 4 heteroatoms. The first-order chi connectivity index (χ1) is 9.88. The summed E-state index contributed by atoms with van der Waals surface area (Å²) in [6, 6.07) is 8.01. The molecule has 2 aromatic rings. The zero-order chi connectivity index (χ0) is 13.8. The van der Waals surface area contributed by atoms with Gasteiger partial charge in [-0.3, -0.25) is 0 Å². The largest absolute Gasteiger partial charge is 0.458 e. The van der Waals surface area contributed by atoms with Crippen molar-refractivity contribution in [3.63, 3.8) is 0 Å². The molecule has 20 heavy (non-hydrogen) atoms. The molecule has 0 amide bonds. The van der Waals surface area contributed by atoms with Crippen LogP contribution in [0.15, 0.2) is 28.7 Å². The van der Waals surface area contributed by atoms with Gasteiger partial charge in [-0.05, 0) is 32.0 Å². The molecule has 0 saturated carbocycles. The van der Waals surface area contributed by atoms with E-state index in [1.54, 1.807) is 0 Å². The Morgan fingerprint density at radius 3 is 2.80 bits per heavy atom. The summed E-state index contributed by atoms with van der Waals surface area (Å²) in [5, 5.41) is 1.10. The molecule has 0 spiro atoms. The van der Waals surface area contributed by atoms with E-state index in [4.69, 9.17) is 14.9 Å². The van der Waals surface area contributed by atoms with Gasteiger partial charge in [-0.2, -0.15) is 0 Å². The first kappa shape index (κ1) is 13.6. The molecule has 1 aromatic heterocycles. The maximum atomic E-state index is 5.84. The Morgan fingerprint density at radius 2 is 2.00 bits per heavy atom. The Kier molecular flexibility index (Phi) is 4.35. The Bertz CT molecular complexity index is 559. The van der Waals surface area contributed by atoms with E-state index in [9.17, 15) is 0 Å². The summed E-state index contributed by atoms with van der Waals surface area (Å²) in [5.41, 5.74) is 7.81. The summed E-state index contributed by atoms with van der Waals surface area (Å²) in [6.45, 7) is 5.18. The molecule has 0 radical (unpaired) electrons. The van der Waals surface area contributed by atoms with Gasteiger partial charge in [0.15, 0.2) is 0 Å². The predicted octanol–water partition coefficient (Wildman–Crippen LogP) is 2.50. The number of fused-ring (bicyclic) bond motifs is 1. The number of rotatable bonds is 6. The number of likely N-dealkylation sites (tertiary alicyclic amines) is 1. The molecule has 4 nitrogen and oxygen atoms in total. The van der Waals surface area contributed by atoms with Crippen molar-refractivity contribution < 1.29 is 9.15 Å². The second kappa shape index (κ2) is 6.39. The highest BCUT2D eigenvalue weighted by Crippen LogP contribution is 2.25. The molecule has 0 unspecified atom stereocenters. The topological polar surface area (TPSA) is 51.6 Å². The normalized spacial score (nSPS) is 16.2. The average Bonchev–Trinajstić information content (AvgIpc) is 3.10. The van der Waals surface area contributed by atoms with Crippen LogP contribution < -0.4 is 5.73 Å². The van der Waals surface area contributed by atoms with Crippen molar-refractivity contribution in [1.29, 1.82) is 0 Å². The summed E-state index contributed by atoms with van der Waals surface area (Å²) in [6.07, 6.45) is 2.64. The number of furan rings is 1. The lowest BCUT2D eigenvalue weighted by molar-refractivity contribution is 0.0878. The molecule has 0 bridgehead atoms. The summed E-state index contributed by atoms with van der Waals surface area (Å²) in [5.74, 6) is 0.870. The Hall–Kier alpha value is -1.36. The van der Waals surface area contributed by atoms with E-state index in [1.165, 1.54) is 25.9 Å². The monoisotopic (exact) mass is 274 g/mol. The lowest BCUT2D eigenvalue weighted by Crippen LogP contribution is -2.23. The molecule has 2 heterocycles. The van der Waals surface area contributed by atoms with Gasteiger partial charge in [-0.25, -0.2) is 0 Å². The van der Waals surface area contributed by atoms with Crippen LogP contribution >= 0.6 is 0 Å². The van der Waals surface area contributed by atoms with Crippen molar-refractivity contribution in [3.8, 4) is 0 Å². The number of nitrogens with two attached hydrogens (primary N) is 1. The third kappa shape index (κ3) is 2.87. The number of benzene rings is 1. The fourth-order valence-corrected chi connectivity index (χ4v) is 2.85. The van der Waals surface area contributed by atoms with Crippen molar-refractivity contribution in [2.45, 2.75) is 26.0 Å². The van der Waals surface area contributed by atoms with Gasteiger partial charge in [0.2, 0.25) is 0 Å². The first-order valence-electron chi connectivity index (χ1n) is 7.38. The number of hydrogen-bond acceptors (Lipinski definition) is 4. The third-order valence-corrected chi connectivity index (χ3v) is 3.97. The second-order valence-corrected chi connectivity index (χ2v) is 5.31. The minimum absolute atomic E-state index is 0.488. The van der Waals surface area contributed by atoms with E-state index < -0.39 is 0 Å². The smallest absolute Gasteiger partial charge is 0.135 e. The zero-order valence-electron chi connectivity index (χ0n) is 11.8. The molecule has 0 aliphatic carbocycles. The molecule has 3 rings (SSSR count). The lowest BCUT2D eigenvalue weighted by atomic mass is 10.1. The van der Waals surface area contributed by atoms with Gasteiger partial charge in [0.25, 0.3) is 0 Å². The molecule has 0 atom stereocenters. The second-order valence-electron chi connectivity index (χ2n) is 5.31. The van der Waals surface area contributed by atoms with Crippen LogP contribution in [-0.4, -0.2) is 31.1 Å². The maximum Gasteiger partial charge on any atom is 0.135 e. The predicted molar refractivity (Wildman–Crippen MR) is 79.4 cm³/mol. The van der Waals surface area contributed by atoms with E-state index in [-0.39, 0.29) is 0 Å². The molecule has 108 valence electrons. The van der Waals surface area contributed by atoms with Crippen molar-refractivity contribution >= 4 is 11.0 Å². The molecular formula is C16H22N2O2. The average molecular weight is 274 g/mol. The van der Waals surface area contributed by atoms with Crippen LogP contribution in [0.2, 0.25) is 0 Å². The van der Waals surface area contributed by atoms with Gasteiger partial charge in [0.1, 0.15) is 18.0 Å². The van der Waals surface area contributed by atoms with Crippen LogP contribution in [-0.2, 0) is 17.9 Å². The molecule has 1 aliphatic rings. The highest BCUT2D eigenvalue weighted by Gasteiger charge is 2.13. The maximum absolute atomic E-state index is 5.84. The van der Waals surface area contributed by atoms with Crippen LogP contribution in [0.25, 0.3) is 11.0 Å². The number of ether oxygens (including phenoxy) is 1. The van der Waals surface area contributed by atoms with Crippen LogP contribution in [0.3, 0.4) is 0 Å². The van der Waals surface area contributed by atoms with E-state index >= 15 is 0 Å². The van der Waals surface area contributed by atoms with E-state index in [1.807, 2.05) is 18.2 Å². The number of nitrogens with zero attached hydrogens (tertiary/aromatic N) is 1. The van der Waals surface area contributed by atoms with Gasteiger partial charge in [-0.1, -0.05) is 18.2 Å². The van der Waals surface area contributed by atoms with Crippen LogP contribution in [0, 0.1) is 0 Å². The van der Waals surface area contributed by atoms with Crippen molar-refractivity contribution in [2.24, 2.45) is 5.73 Å². The van der Waals surface area contributed by atoms with Crippen molar-refractivity contribution in [1.82, 2.24) is 4.90 Å². The van der Waals surface area contributed by atoms with Crippen LogP contribution in [0.4, 0.5) is 0 Å². The highest BCUT2D eigenvalue weighted by molar-refractivity contribution is 5.82. The van der Waals surface area contributed by atoms with E-state index in [2.05, 4.69) is 11.0 Å². The molecule has 1 saturated heterocycles. The number of para-hydroxylation sites is 1. The van der Waals surface area contributed by atoms with Gasteiger partial charge >= 0.3 is 0 Å². The van der Waals surface area contributed by atoms with Crippen LogP contribution in [0.1, 0.15) is 24.2 Å². The molecule has 1 fully saturated rings. The minimum atomic E-state index is 0.488. The molecular weight excluding hydrogens is 252 g/mol. The van der Waals surface area contributed by atoms with E-state index in [0.29, 0.717) is 13.2 Å². The zero-order valence-corrected chi connectivity index (χ0v) is 11.8. The van der Waals surface area contributed by atoms with Crippen molar-refractivity contribution in [2.75, 3.05) is 26.2 Å². The third-order valence-electron chi connectivity index (χ3n) is 3.97. The summed E-state index contributed by atoms with van der Waals surface area (Å²) < 4.78 is 11.6. The Morgan fingerprint density at radius 1 is 1.20 bits per heavy atom. The fraction of sp³-hybridized carbons (Fsp3) is 0.500. The van der Waals surface area contributed by atoms with Gasteiger partial charge in [-0.15, -0.1) is 0 Å². The standard InChI is InChI=1S/C16H22N2O2/c17-11-14-13-5-1-2-6-15(13)20-16(14)12-19-10-9-18-7-3-4-8-18/h1-2,5-6H,3-4,7-12,17H2. The summed E-state index contributed by atoms with van der Waals surface area (Å²) >= 11 is 0. The van der Waals surface area contributed by atoms with Crippen molar-refractivity contribution in [3.05, 3.63) is 35.6 Å². The first-order valence-corrected chi connectivity index (χ1v) is 7.38. The van der Waals surface area contributed by atoms with Gasteiger partial charge in [0, 0.05) is 24.0 Å². The number of hydrogen-bond donors (Lipinski definition) is 1. The fourth-order valence-electron chi connectivity index (χ4n) is 2.85. The molecule has 2 N–H and O–H groups in total. The quantitative estimate of drug-likeness (QED) is 0.822. The molecule has 1 aromatic carbocycles. The van der Waals surface area contributed by atoms with Crippen LogP contribution in [0.5, 0.6) is 0 Å². The van der Waals surface area contributed by atoms with E-state index in [0.717, 1.165) is 35.4 Å². The summed E-state index contributed by atoms with van der Waals surface area (Å²) in [7, 11) is 0. The Balaban J connectivity index is 1.59. The lowest BCUT2D eigenvalue weighted by Gasteiger charge is -2.13. The van der Waals surface area contributed by atoms with Gasteiger partial charge in [0.05, 0.1) is 6.61 Å². The highest BCUT2D eigenvalue weighted by atomic mass is 16.5. The SMILES string of the molecule is NCc1c(COCCN2CCCC2)oc2ccccc12. The van der Waals surface area contributed by atoms with Gasteiger partial charge < -0.3 is 19.8 Å².